The normalized spacial score (nSPS) is 12.1. The van der Waals surface area contributed by atoms with Gasteiger partial charge in [0.25, 0.3) is 0 Å². The maximum atomic E-state index is 4.59. The number of rotatable bonds is 3. The number of fused-ring (bicyclic) bond motifs is 7. The monoisotopic (exact) mass is 575 g/mol. The van der Waals surface area contributed by atoms with Gasteiger partial charge >= 0.3 is 0 Å². The number of aromatic nitrogens is 2. The number of nitrogens with zero attached hydrogens (tertiary/aromatic N) is 3. The first kappa shape index (κ1) is 25.6. The lowest BCUT2D eigenvalue weighted by atomic mass is 9.94. The van der Waals surface area contributed by atoms with E-state index in [0.717, 1.165) is 28.3 Å². The maximum Gasteiger partial charge on any atom is 0.0668 e. The van der Waals surface area contributed by atoms with Gasteiger partial charge in [-0.15, -0.1) is 0 Å². The molecule has 0 unspecified atom stereocenters. The van der Waals surface area contributed by atoms with E-state index in [4.69, 9.17) is 0 Å². The van der Waals surface area contributed by atoms with Crippen molar-refractivity contribution in [1.82, 2.24) is 9.55 Å². The average Bonchev–Trinajstić information content (AvgIpc) is 3.46. The van der Waals surface area contributed by atoms with Crippen molar-refractivity contribution in [2.45, 2.75) is 6.92 Å². The van der Waals surface area contributed by atoms with Gasteiger partial charge in [-0.25, -0.2) is 0 Å². The number of para-hydroxylation sites is 1. The third kappa shape index (κ3) is 4.01. The standard InChI is InChI=1S/C42H29N3/c1-28-38(20-11-22-43-28)44-23-21-31-25-42-37(27-40(31)44)35-17-8-7-16-34(35)36-18-9-10-19-39(36)45(42)41-26-32(29-12-3-2-4-13-29)24-30-14-5-6-15-33(30)41/h2-27H,1H3. The molecule has 3 nitrogen and oxygen atoms in total. The molecule has 212 valence electrons. The quantitative estimate of drug-likeness (QED) is 0.209. The van der Waals surface area contributed by atoms with Crippen LogP contribution < -0.4 is 4.90 Å². The van der Waals surface area contributed by atoms with Crippen LogP contribution in [0.15, 0.2) is 158 Å². The maximum absolute atomic E-state index is 4.59. The van der Waals surface area contributed by atoms with Gasteiger partial charge in [-0.05, 0) is 83.1 Å². The fourth-order valence-electron chi connectivity index (χ4n) is 7.02. The fraction of sp³-hybridized carbons (Fsp3) is 0.0238. The third-order valence-corrected chi connectivity index (χ3v) is 9.13. The lowest BCUT2D eigenvalue weighted by molar-refractivity contribution is 1.05. The first-order valence-electron chi connectivity index (χ1n) is 15.4. The Balaban J connectivity index is 1.40. The van der Waals surface area contributed by atoms with Gasteiger partial charge in [0.05, 0.1) is 34.0 Å². The molecule has 9 rings (SSSR count). The number of aryl methyl sites for hydroxylation is 1. The van der Waals surface area contributed by atoms with Crippen LogP contribution in [0.25, 0.3) is 60.7 Å². The summed E-state index contributed by atoms with van der Waals surface area (Å²) in [6.07, 6.45) is 4.03. The van der Waals surface area contributed by atoms with Gasteiger partial charge in [0.2, 0.25) is 0 Å². The Morgan fingerprint density at radius 2 is 1.18 bits per heavy atom. The molecule has 0 saturated carbocycles. The number of pyridine rings is 1. The van der Waals surface area contributed by atoms with E-state index in [9.17, 15) is 0 Å². The van der Waals surface area contributed by atoms with Crippen molar-refractivity contribution in [1.29, 1.82) is 0 Å². The van der Waals surface area contributed by atoms with Crippen LogP contribution in [0.4, 0.5) is 17.1 Å². The third-order valence-electron chi connectivity index (χ3n) is 9.13. The van der Waals surface area contributed by atoms with Gasteiger partial charge in [0.1, 0.15) is 0 Å². The molecule has 1 aliphatic rings. The zero-order valence-corrected chi connectivity index (χ0v) is 24.9. The van der Waals surface area contributed by atoms with Crippen LogP contribution >= 0.6 is 0 Å². The Bertz CT molecular complexity index is 2400. The summed E-state index contributed by atoms with van der Waals surface area (Å²) in [6, 6.07) is 52.9. The number of hydrogen-bond donors (Lipinski definition) is 0. The minimum atomic E-state index is 1.00. The Morgan fingerprint density at radius 3 is 2.02 bits per heavy atom. The van der Waals surface area contributed by atoms with Crippen LogP contribution in [0.1, 0.15) is 5.69 Å². The van der Waals surface area contributed by atoms with E-state index in [1.807, 2.05) is 12.3 Å². The smallest absolute Gasteiger partial charge is 0.0668 e. The zero-order valence-electron chi connectivity index (χ0n) is 24.9. The summed E-state index contributed by atoms with van der Waals surface area (Å²) in [5, 5.41) is 3.61. The molecule has 0 fully saturated rings. The van der Waals surface area contributed by atoms with Crippen LogP contribution in [-0.2, 0) is 0 Å². The summed E-state index contributed by atoms with van der Waals surface area (Å²) in [5.74, 6) is 0. The molecular weight excluding hydrogens is 546 g/mol. The van der Waals surface area contributed by atoms with Crippen molar-refractivity contribution in [2.75, 3.05) is 4.90 Å². The van der Waals surface area contributed by atoms with E-state index in [2.05, 4.69) is 167 Å². The zero-order chi connectivity index (χ0) is 29.9. The summed E-state index contributed by atoms with van der Waals surface area (Å²) < 4.78 is 2.27. The number of hydrogen-bond acceptors (Lipinski definition) is 2. The van der Waals surface area contributed by atoms with Crippen molar-refractivity contribution in [2.24, 2.45) is 0 Å². The van der Waals surface area contributed by atoms with Gasteiger partial charge in [-0.2, -0.15) is 0 Å². The molecule has 0 spiro atoms. The van der Waals surface area contributed by atoms with Gasteiger partial charge in [0.15, 0.2) is 0 Å². The van der Waals surface area contributed by atoms with Gasteiger partial charge in [0, 0.05) is 34.3 Å². The molecule has 3 heterocycles. The minimum Gasteiger partial charge on any atom is -0.315 e. The predicted octanol–water partition coefficient (Wildman–Crippen LogP) is 11.3. The first-order chi connectivity index (χ1) is 22.2. The highest BCUT2D eigenvalue weighted by molar-refractivity contribution is 6.10. The molecule has 45 heavy (non-hydrogen) atoms. The molecule has 0 radical (unpaired) electrons. The second kappa shape index (κ2) is 10.1. The highest BCUT2D eigenvalue weighted by Crippen LogP contribution is 2.53. The molecule has 2 aromatic heterocycles. The van der Waals surface area contributed by atoms with E-state index in [0.29, 0.717) is 0 Å². The van der Waals surface area contributed by atoms with E-state index >= 15 is 0 Å². The van der Waals surface area contributed by atoms with Crippen LogP contribution in [0, 0.1) is 6.92 Å². The second-order valence-electron chi connectivity index (χ2n) is 11.7. The number of anilines is 3. The van der Waals surface area contributed by atoms with E-state index in [1.54, 1.807) is 0 Å². The van der Waals surface area contributed by atoms with Crippen molar-refractivity contribution in [3.05, 3.63) is 164 Å². The van der Waals surface area contributed by atoms with Gasteiger partial charge in [-0.1, -0.05) is 97.1 Å². The Labute approximate surface area is 262 Å². The first-order valence-corrected chi connectivity index (χ1v) is 15.4. The highest BCUT2D eigenvalue weighted by Gasteiger charge is 2.28. The van der Waals surface area contributed by atoms with E-state index in [-0.39, 0.29) is 0 Å². The second-order valence-corrected chi connectivity index (χ2v) is 11.7. The van der Waals surface area contributed by atoms with Crippen LogP contribution in [0.3, 0.4) is 0 Å². The van der Waals surface area contributed by atoms with Crippen molar-refractivity contribution in [3.8, 4) is 39.1 Å². The molecule has 6 aromatic carbocycles. The average molecular weight is 576 g/mol. The molecule has 3 heteroatoms. The number of benzene rings is 6. The summed E-state index contributed by atoms with van der Waals surface area (Å²) in [7, 11) is 0. The molecule has 8 aromatic rings. The lowest BCUT2D eigenvalue weighted by Crippen LogP contribution is -2.12. The van der Waals surface area contributed by atoms with Crippen LogP contribution in [0.2, 0.25) is 0 Å². The van der Waals surface area contributed by atoms with E-state index < -0.39 is 0 Å². The summed E-state index contributed by atoms with van der Waals surface area (Å²) in [5.41, 5.74) is 14.0. The van der Waals surface area contributed by atoms with Crippen LogP contribution in [0.5, 0.6) is 0 Å². The lowest BCUT2D eigenvalue weighted by Gasteiger charge is -2.29. The SMILES string of the molecule is Cc1ncccc1-n1ccc2cc3c(cc21)-c1ccccc1-c1ccccc1N3c1cc(-c2ccccc2)cc2ccccc12. The summed E-state index contributed by atoms with van der Waals surface area (Å²) >= 11 is 0. The molecular formula is C42H29N3. The van der Waals surface area contributed by atoms with Gasteiger partial charge in [-0.3, -0.25) is 4.98 Å². The summed E-state index contributed by atoms with van der Waals surface area (Å²) in [6.45, 7) is 2.07. The molecule has 0 atom stereocenters. The van der Waals surface area contributed by atoms with Gasteiger partial charge < -0.3 is 9.47 Å². The predicted molar refractivity (Wildman–Crippen MR) is 188 cm³/mol. The molecule has 1 aliphatic heterocycles. The van der Waals surface area contributed by atoms with Crippen LogP contribution in [-0.4, -0.2) is 9.55 Å². The minimum absolute atomic E-state index is 1.00. The summed E-state index contributed by atoms with van der Waals surface area (Å²) in [4.78, 5) is 7.08. The van der Waals surface area contributed by atoms with Crippen molar-refractivity contribution in [3.63, 3.8) is 0 Å². The Morgan fingerprint density at radius 1 is 0.467 bits per heavy atom. The molecule has 0 amide bonds. The van der Waals surface area contributed by atoms with Crippen molar-refractivity contribution < 1.29 is 0 Å². The molecule has 0 N–H and O–H groups in total. The molecule has 0 bridgehead atoms. The van der Waals surface area contributed by atoms with E-state index in [1.165, 1.54) is 55.2 Å². The molecule has 0 aliphatic carbocycles. The van der Waals surface area contributed by atoms with Crippen molar-refractivity contribution >= 4 is 38.7 Å². The Kier molecular flexibility index (Phi) is 5.72. The molecule has 0 saturated heterocycles. The topological polar surface area (TPSA) is 21.1 Å². The largest absolute Gasteiger partial charge is 0.315 e. The highest BCUT2D eigenvalue weighted by atomic mass is 15.2. The Hall–Kier alpha value is -5.93. The fourth-order valence-corrected chi connectivity index (χ4v) is 7.02.